The Balaban J connectivity index is 2.09. The molecule has 1 aliphatic heterocycles. The number of aromatic amines is 1. The number of carbonyl (C=O) groups excluding carboxylic acids is 1. The maximum atomic E-state index is 12.5. The van der Waals surface area contributed by atoms with E-state index in [1.165, 1.54) is 0 Å². The van der Waals surface area contributed by atoms with Crippen molar-refractivity contribution in [3.05, 3.63) is 11.4 Å². The van der Waals surface area contributed by atoms with Crippen molar-refractivity contribution in [2.45, 2.75) is 13.3 Å². The van der Waals surface area contributed by atoms with Gasteiger partial charge in [0.05, 0.1) is 5.69 Å². The van der Waals surface area contributed by atoms with Gasteiger partial charge in [-0.1, -0.05) is 0 Å². The van der Waals surface area contributed by atoms with E-state index in [1.807, 2.05) is 14.1 Å². The Morgan fingerprint density at radius 1 is 1.40 bits per heavy atom. The SMILES string of the molecule is Cc1n[nH]nc1C(=O)N1CC(CO)CC(CN(C)C)C1. The highest BCUT2D eigenvalue weighted by molar-refractivity contribution is 5.93. The fraction of sp³-hybridized carbons (Fsp3) is 0.769. The average molecular weight is 281 g/mol. The molecular formula is C13H23N5O2. The van der Waals surface area contributed by atoms with Crippen LogP contribution >= 0.6 is 0 Å². The zero-order valence-corrected chi connectivity index (χ0v) is 12.3. The number of amides is 1. The zero-order chi connectivity index (χ0) is 14.7. The molecule has 0 spiro atoms. The summed E-state index contributed by atoms with van der Waals surface area (Å²) >= 11 is 0. The number of likely N-dealkylation sites (tertiary alicyclic amines) is 1. The van der Waals surface area contributed by atoms with Crippen molar-refractivity contribution in [3.63, 3.8) is 0 Å². The molecule has 2 N–H and O–H groups in total. The van der Waals surface area contributed by atoms with E-state index < -0.39 is 0 Å². The van der Waals surface area contributed by atoms with Gasteiger partial charge in [0.15, 0.2) is 5.69 Å². The summed E-state index contributed by atoms with van der Waals surface area (Å²) in [5, 5.41) is 19.7. The largest absolute Gasteiger partial charge is 0.396 e. The van der Waals surface area contributed by atoms with Crippen LogP contribution < -0.4 is 0 Å². The Hall–Kier alpha value is -1.47. The summed E-state index contributed by atoms with van der Waals surface area (Å²) in [7, 11) is 4.05. The highest BCUT2D eigenvalue weighted by Crippen LogP contribution is 2.23. The number of nitrogens with one attached hydrogen (secondary N) is 1. The van der Waals surface area contributed by atoms with Crippen LogP contribution in [0.25, 0.3) is 0 Å². The smallest absolute Gasteiger partial charge is 0.276 e. The summed E-state index contributed by atoms with van der Waals surface area (Å²) in [6, 6.07) is 0. The van der Waals surface area contributed by atoms with Gasteiger partial charge in [-0.3, -0.25) is 4.79 Å². The minimum atomic E-state index is -0.0989. The molecule has 0 radical (unpaired) electrons. The molecular weight excluding hydrogens is 258 g/mol. The van der Waals surface area contributed by atoms with Gasteiger partial charge in [-0.25, -0.2) is 0 Å². The van der Waals surface area contributed by atoms with Gasteiger partial charge in [-0.2, -0.15) is 15.4 Å². The number of H-pyrrole nitrogens is 1. The molecule has 2 unspecified atom stereocenters. The Kier molecular flexibility index (Phi) is 4.72. The summed E-state index contributed by atoms with van der Waals surface area (Å²) in [5.74, 6) is 0.426. The normalized spacial score (nSPS) is 23.4. The Labute approximate surface area is 119 Å². The van der Waals surface area contributed by atoms with E-state index in [9.17, 15) is 9.90 Å². The second-order valence-corrected chi connectivity index (χ2v) is 5.88. The Morgan fingerprint density at radius 2 is 2.10 bits per heavy atom. The number of aliphatic hydroxyl groups is 1. The van der Waals surface area contributed by atoms with E-state index in [2.05, 4.69) is 20.3 Å². The van der Waals surface area contributed by atoms with Crippen LogP contribution in [0.5, 0.6) is 0 Å². The number of aryl methyl sites for hydroxylation is 1. The van der Waals surface area contributed by atoms with Gasteiger partial charge in [0.1, 0.15) is 0 Å². The number of hydrogen-bond donors (Lipinski definition) is 2. The molecule has 7 nitrogen and oxygen atoms in total. The van der Waals surface area contributed by atoms with Gasteiger partial charge in [0.25, 0.3) is 5.91 Å². The maximum Gasteiger partial charge on any atom is 0.276 e. The molecule has 112 valence electrons. The van der Waals surface area contributed by atoms with E-state index in [1.54, 1.807) is 11.8 Å². The molecule has 0 saturated carbocycles. The number of aliphatic hydroxyl groups excluding tert-OH is 1. The van der Waals surface area contributed by atoms with Crippen molar-refractivity contribution < 1.29 is 9.90 Å². The van der Waals surface area contributed by atoms with E-state index in [0.29, 0.717) is 30.4 Å². The molecule has 0 bridgehead atoms. The molecule has 1 fully saturated rings. The second-order valence-electron chi connectivity index (χ2n) is 5.88. The highest BCUT2D eigenvalue weighted by atomic mass is 16.3. The van der Waals surface area contributed by atoms with Crippen LogP contribution in [-0.4, -0.2) is 76.6 Å². The lowest BCUT2D eigenvalue weighted by atomic mass is 9.89. The molecule has 1 aromatic rings. The number of carbonyl (C=O) groups is 1. The van der Waals surface area contributed by atoms with Gasteiger partial charge in [0, 0.05) is 26.2 Å². The first-order chi connectivity index (χ1) is 9.51. The zero-order valence-electron chi connectivity index (χ0n) is 12.3. The van der Waals surface area contributed by atoms with Crippen LogP contribution in [0.3, 0.4) is 0 Å². The lowest BCUT2D eigenvalue weighted by molar-refractivity contribution is 0.0472. The second kappa shape index (κ2) is 6.32. The fourth-order valence-electron chi connectivity index (χ4n) is 2.90. The van der Waals surface area contributed by atoms with Gasteiger partial charge >= 0.3 is 0 Å². The number of aromatic nitrogens is 3. The first kappa shape index (κ1) is 14.9. The summed E-state index contributed by atoms with van der Waals surface area (Å²) in [5.41, 5.74) is 0.998. The third-order valence-electron chi connectivity index (χ3n) is 3.72. The molecule has 1 amide bonds. The highest BCUT2D eigenvalue weighted by Gasteiger charge is 2.31. The quantitative estimate of drug-likeness (QED) is 0.794. The summed E-state index contributed by atoms with van der Waals surface area (Å²) in [4.78, 5) is 16.4. The van der Waals surface area contributed by atoms with Crippen LogP contribution in [0.2, 0.25) is 0 Å². The van der Waals surface area contributed by atoms with Gasteiger partial charge in [0.2, 0.25) is 0 Å². The van der Waals surface area contributed by atoms with Crippen LogP contribution in [-0.2, 0) is 0 Å². The topological polar surface area (TPSA) is 85.3 Å². The molecule has 7 heteroatoms. The molecule has 2 heterocycles. The van der Waals surface area contributed by atoms with Gasteiger partial charge < -0.3 is 14.9 Å². The molecule has 1 aliphatic rings. The first-order valence-electron chi connectivity index (χ1n) is 6.93. The van der Waals surface area contributed by atoms with E-state index in [4.69, 9.17) is 0 Å². The Morgan fingerprint density at radius 3 is 2.65 bits per heavy atom. The lowest BCUT2D eigenvalue weighted by Gasteiger charge is -2.38. The van der Waals surface area contributed by atoms with Gasteiger partial charge in [-0.15, -0.1) is 0 Å². The summed E-state index contributed by atoms with van der Waals surface area (Å²) in [6.07, 6.45) is 0.955. The van der Waals surface area contributed by atoms with Crippen molar-refractivity contribution in [2.75, 3.05) is 40.3 Å². The molecule has 1 saturated heterocycles. The van der Waals surface area contributed by atoms with Crippen LogP contribution in [0.4, 0.5) is 0 Å². The number of nitrogens with zero attached hydrogens (tertiary/aromatic N) is 4. The summed E-state index contributed by atoms with van der Waals surface area (Å²) < 4.78 is 0. The number of rotatable bonds is 4. The van der Waals surface area contributed by atoms with Crippen molar-refractivity contribution >= 4 is 5.91 Å². The molecule has 20 heavy (non-hydrogen) atoms. The van der Waals surface area contributed by atoms with Crippen LogP contribution in [0.15, 0.2) is 0 Å². The third-order valence-corrected chi connectivity index (χ3v) is 3.72. The monoisotopic (exact) mass is 281 g/mol. The van der Waals surface area contributed by atoms with Crippen molar-refractivity contribution in [1.29, 1.82) is 0 Å². The Bertz CT molecular complexity index is 459. The number of hydrogen-bond acceptors (Lipinski definition) is 5. The van der Waals surface area contributed by atoms with E-state index >= 15 is 0 Å². The lowest BCUT2D eigenvalue weighted by Crippen LogP contribution is -2.47. The molecule has 0 aliphatic carbocycles. The van der Waals surface area contributed by atoms with E-state index in [0.717, 1.165) is 13.0 Å². The minimum Gasteiger partial charge on any atom is -0.396 e. The van der Waals surface area contributed by atoms with Crippen LogP contribution in [0.1, 0.15) is 22.6 Å². The number of piperidine rings is 1. The van der Waals surface area contributed by atoms with Crippen LogP contribution in [0, 0.1) is 18.8 Å². The summed E-state index contributed by atoms with van der Waals surface area (Å²) in [6.45, 7) is 4.09. The predicted molar refractivity (Wildman–Crippen MR) is 74.3 cm³/mol. The van der Waals surface area contributed by atoms with Crippen molar-refractivity contribution in [3.8, 4) is 0 Å². The molecule has 2 atom stereocenters. The molecule has 0 aromatic carbocycles. The fourth-order valence-corrected chi connectivity index (χ4v) is 2.90. The van der Waals surface area contributed by atoms with Gasteiger partial charge in [-0.05, 0) is 39.3 Å². The van der Waals surface area contributed by atoms with Crippen molar-refractivity contribution in [1.82, 2.24) is 25.2 Å². The van der Waals surface area contributed by atoms with E-state index in [-0.39, 0.29) is 18.4 Å². The minimum absolute atomic E-state index is 0.0989. The molecule has 2 rings (SSSR count). The average Bonchev–Trinajstić information content (AvgIpc) is 2.83. The standard InChI is InChI=1S/C13H23N5O2/c1-9-12(15-16-14-9)13(20)18-6-10(5-17(2)3)4-11(7-18)8-19/h10-11,19H,4-8H2,1-3H3,(H,14,15,16). The first-order valence-corrected chi connectivity index (χ1v) is 6.93. The predicted octanol–water partition coefficient (Wildman–Crippen LogP) is -0.255. The van der Waals surface area contributed by atoms with Crippen molar-refractivity contribution in [2.24, 2.45) is 11.8 Å². The third kappa shape index (κ3) is 3.34. The molecule has 1 aromatic heterocycles. The maximum absolute atomic E-state index is 12.5.